The Morgan fingerprint density at radius 1 is 1.50 bits per heavy atom. The van der Waals surface area contributed by atoms with Gasteiger partial charge in [-0.2, -0.15) is 0 Å². The summed E-state index contributed by atoms with van der Waals surface area (Å²) in [6.45, 7) is 3.48. The summed E-state index contributed by atoms with van der Waals surface area (Å²) in [6, 6.07) is 0. The summed E-state index contributed by atoms with van der Waals surface area (Å²) in [5.74, 6) is 0.389. The van der Waals surface area contributed by atoms with Crippen LogP contribution in [0.25, 0.3) is 0 Å². The maximum absolute atomic E-state index is 11.6. The molecule has 0 aliphatic rings. The second-order valence-electron chi connectivity index (χ2n) is 4.39. The molecule has 6 heteroatoms. The number of nitrogens with one attached hydrogen (secondary N) is 1. The number of rotatable bonds is 9. The minimum Gasteiger partial charge on any atom is -0.396 e. The first kappa shape index (κ1) is 14.6. The summed E-state index contributed by atoms with van der Waals surface area (Å²) < 4.78 is 1.64. The molecule has 0 saturated carbocycles. The molecular formula is C12H22N4O2. The normalized spacial score (nSPS) is 12.3. The van der Waals surface area contributed by atoms with Crippen LogP contribution >= 0.6 is 0 Å². The third-order valence-electron chi connectivity index (χ3n) is 2.86. The molecule has 1 atom stereocenters. The highest BCUT2D eigenvalue weighted by molar-refractivity contribution is 5.75. The van der Waals surface area contributed by atoms with Crippen molar-refractivity contribution in [3.63, 3.8) is 0 Å². The van der Waals surface area contributed by atoms with Crippen molar-refractivity contribution >= 4 is 5.91 Å². The lowest BCUT2D eigenvalue weighted by atomic mass is 10.0. The second-order valence-corrected chi connectivity index (χ2v) is 4.39. The molecule has 6 nitrogen and oxygen atoms in total. The summed E-state index contributed by atoms with van der Waals surface area (Å²) >= 11 is 0. The molecule has 0 radical (unpaired) electrons. The standard InChI is InChI=1S/C12H22N4O2/c1-2-3-11(5-9-17)10-13-12(18)4-7-16-8-6-14-15-16/h6,8,11,17H,2-5,7,9-10H2,1H3,(H,13,18). The van der Waals surface area contributed by atoms with Gasteiger partial charge >= 0.3 is 0 Å². The predicted octanol–water partition coefficient (Wildman–Crippen LogP) is 0.583. The van der Waals surface area contributed by atoms with Crippen LogP contribution in [0.15, 0.2) is 12.4 Å². The van der Waals surface area contributed by atoms with E-state index in [0.717, 1.165) is 19.3 Å². The van der Waals surface area contributed by atoms with Crippen LogP contribution in [0, 0.1) is 5.92 Å². The van der Waals surface area contributed by atoms with Crippen molar-refractivity contribution < 1.29 is 9.90 Å². The highest BCUT2D eigenvalue weighted by atomic mass is 16.3. The minimum absolute atomic E-state index is 0.0181. The van der Waals surface area contributed by atoms with Crippen LogP contribution in [-0.2, 0) is 11.3 Å². The van der Waals surface area contributed by atoms with E-state index in [-0.39, 0.29) is 12.5 Å². The Morgan fingerprint density at radius 3 is 2.94 bits per heavy atom. The first-order valence-corrected chi connectivity index (χ1v) is 6.48. The Kier molecular flexibility index (Phi) is 7.01. The minimum atomic E-state index is 0.0181. The van der Waals surface area contributed by atoms with E-state index in [0.29, 0.717) is 25.4 Å². The van der Waals surface area contributed by atoms with Crippen LogP contribution in [-0.4, -0.2) is 39.2 Å². The molecule has 102 valence electrons. The number of carbonyl (C=O) groups excluding carboxylic acids is 1. The first-order valence-electron chi connectivity index (χ1n) is 6.48. The first-order chi connectivity index (χ1) is 8.76. The quantitative estimate of drug-likeness (QED) is 0.675. The van der Waals surface area contributed by atoms with Gasteiger partial charge in [-0.05, 0) is 18.8 Å². The molecule has 0 aliphatic heterocycles. The summed E-state index contributed by atoms with van der Waals surface area (Å²) in [4.78, 5) is 11.6. The molecule has 0 aliphatic carbocycles. The van der Waals surface area contributed by atoms with Crippen molar-refractivity contribution in [3.05, 3.63) is 12.4 Å². The van der Waals surface area contributed by atoms with Gasteiger partial charge in [0.05, 0.1) is 12.7 Å². The van der Waals surface area contributed by atoms with Crippen LogP contribution in [0.1, 0.15) is 32.6 Å². The molecular weight excluding hydrogens is 232 g/mol. The molecule has 0 fully saturated rings. The topological polar surface area (TPSA) is 80.0 Å². The lowest BCUT2D eigenvalue weighted by Gasteiger charge is -2.15. The van der Waals surface area contributed by atoms with Crippen molar-refractivity contribution in [1.82, 2.24) is 20.3 Å². The number of aromatic nitrogens is 3. The fourth-order valence-electron chi connectivity index (χ4n) is 1.85. The van der Waals surface area contributed by atoms with Gasteiger partial charge in [-0.25, -0.2) is 0 Å². The van der Waals surface area contributed by atoms with Crippen LogP contribution in [0.4, 0.5) is 0 Å². The molecule has 2 N–H and O–H groups in total. The summed E-state index contributed by atoms with van der Waals surface area (Å²) in [5, 5.41) is 19.3. The van der Waals surface area contributed by atoms with Crippen LogP contribution in [0.5, 0.6) is 0 Å². The molecule has 0 spiro atoms. The summed E-state index contributed by atoms with van der Waals surface area (Å²) in [7, 11) is 0. The zero-order chi connectivity index (χ0) is 13.2. The van der Waals surface area contributed by atoms with E-state index >= 15 is 0 Å². The van der Waals surface area contributed by atoms with E-state index in [4.69, 9.17) is 5.11 Å². The number of carbonyl (C=O) groups is 1. The van der Waals surface area contributed by atoms with Gasteiger partial charge in [0.2, 0.25) is 5.91 Å². The Hall–Kier alpha value is -1.43. The van der Waals surface area contributed by atoms with E-state index in [2.05, 4.69) is 22.6 Å². The van der Waals surface area contributed by atoms with Gasteiger partial charge in [0, 0.05) is 25.8 Å². The van der Waals surface area contributed by atoms with Crippen molar-refractivity contribution in [2.75, 3.05) is 13.2 Å². The van der Waals surface area contributed by atoms with Gasteiger partial charge in [-0.1, -0.05) is 18.6 Å². The van der Waals surface area contributed by atoms with Crippen LogP contribution < -0.4 is 5.32 Å². The fourth-order valence-corrected chi connectivity index (χ4v) is 1.85. The molecule has 1 amide bonds. The van der Waals surface area contributed by atoms with Crippen molar-refractivity contribution in [2.45, 2.75) is 39.2 Å². The number of aryl methyl sites for hydroxylation is 1. The molecule has 0 saturated heterocycles. The Bertz CT molecular complexity index is 321. The lowest BCUT2D eigenvalue weighted by Crippen LogP contribution is -2.30. The molecule has 1 heterocycles. The molecule has 18 heavy (non-hydrogen) atoms. The van der Waals surface area contributed by atoms with E-state index < -0.39 is 0 Å². The van der Waals surface area contributed by atoms with E-state index in [1.54, 1.807) is 17.1 Å². The third kappa shape index (κ3) is 5.77. The number of amides is 1. The molecule has 1 unspecified atom stereocenters. The third-order valence-corrected chi connectivity index (χ3v) is 2.86. The lowest BCUT2D eigenvalue weighted by molar-refractivity contribution is -0.121. The molecule has 1 aromatic rings. The average Bonchev–Trinajstić information content (AvgIpc) is 2.87. The van der Waals surface area contributed by atoms with E-state index in [1.807, 2.05) is 0 Å². The van der Waals surface area contributed by atoms with Gasteiger partial charge in [0.15, 0.2) is 0 Å². The number of hydrogen-bond donors (Lipinski definition) is 2. The van der Waals surface area contributed by atoms with Crippen molar-refractivity contribution in [3.8, 4) is 0 Å². The number of nitrogens with zero attached hydrogens (tertiary/aromatic N) is 3. The average molecular weight is 254 g/mol. The summed E-state index contributed by atoms with van der Waals surface area (Å²) in [5.41, 5.74) is 0. The molecule has 0 aromatic carbocycles. The van der Waals surface area contributed by atoms with Gasteiger partial charge < -0.3 is 10.4 Å². The largest absolute Gasteiger partial charge is 0.396 e. The maximum atomic E-state index is 11.6. The maximum Gasteiger partial charge on any atom is 0.221 e. The molecule has 1 rings (SSSR count). The number of aliphatic hydroxyl groups is 1. The number of hydrogen-bond acceptors (Lipinski definition) is 4. The van der Waals surface area contributed by atoms with Gasteiger partial charge in [-0.3, -0.25) is 9.48 Å². The van der Waals surface area contributed by atoms with Crippen molar-refractivity contribution in [1.29, 1.82) is 0 Å². The Morgan fingerprint density at radius 2 is 2.33 bits per heavy atom. The highest BCUT2D eigenvalue weighted by Crippen LogP contribution is 2.09. The molecule has 1 aromatic heterocycles. The van der Waals surface area contributed by atoms with E-state index in [9.17, 15) is 4.79 Å². The SMILES string of the molecule is CCCC(CCO)CNC(=O)CCn1ccnn1. The second kappa shape index (κ2) is 8.63. The predicted molar refractivity (Wildman–Crippen MR) is 67.7 cm³/mol. The van der Waals surface area contributed by atoms with Gasteiger partial charge in [-0.15, -0.1) is 5.10 Å². The van der Waals surface area contributed by atoms with E-state index in [1.165, 1.54) is 0 Å². The monoisotopic (exact) mass is 254 g/mol. The fraction of sp³-hybridized carbons (Fsp3) is 0.750. The Labute approximate surface area is 107 Å². The highest BCUT2D eigenvalue weighted by Gasteiger charge is 2.09. The Balaban J connectivity index is 2.18. The van der Waals surface area contributed by atoms with Gasteiger partial charge in [0.25, 0.3) is 0 Å². The summed E-state index contributed by atoms with van der Waals surface area (Å²) in [6.07, 6.45) is 6.58. The van der Waals surface area contributed by atoms with Crippen molar-refractivity contribution in [2.24, 2.45) is 5.92 Å². The van der Waals surface area contributed by atoms with Crippen LogP contribution in [0.2, 0.25) is 0 Å². The zero-order valence-corrected chi connectivity index (χ0v) is 10.9. The molecule has 0 bridgehead atoms. The smallest absolute Gasteiger partial charge is 0.221 e. The number of aliphatic hydroxyl groups excluding tert-OH is 1. The van der Waals surface area contributed by atoms with Crippen LogP contribution in [0.3, 0.4) is 0 Å². The zero-order valence-electron chi connectivity index (χ0n) is 10.9. The van der Waals surface area contributed by atoms with Gasteiger partial charge in [0.1, 0.15) is 0 Å².